The molecule has 0 saturated heterocycles. The summed E-state index contributed by atoms with van der Waals surface area (Å²) in [6.45, 7) is 7.57. The normalized spacial score (nSPS) is 10.6. The van der Waals surface area contributed by atoms with E-state index in [4.69, 9.17) is 11.6 Å². The Kier molecular flexibility index (Phi) is 9.11. The van der Waals surface area contributed by atoms with E-state index >= 15 is 0 Å². The van der Waals surface area contributed by atoms with Gasteiger partial charge in [-0.15, -0.1) is 0 Å². The Hall–Kier alpha value is -1.06. The molecule has 0 aliphatic carbocycles. The average Bonchev–Trinajstić information content (AvgIpc) is 2.46. The molecule has 0 unspecified atom stereocenters. The SMILES string of the molecule is CCCN(CCC)C(=O)CCNCCc1cccc(Cl)c1. The summed E-state index contributed by atoms with van der Waals surface area (Å²) >= 11 is 5.95. The van der Waals surface area contributed by atoms with Gasteiger partial charge in [-0.05, 0) is 43.5 Å². The van der Waals surface area contributed by atoms with Crippen molar-refractivity contribution < 1.29 is 4.79 Å². The van der Waals surface area contributed by atoms with Crippen LogP contribution >= 0.6 is 11.6 Å². The lowest BCUT2D eigenvalue weighted by atomic mass is 10.1. The molecule has 0 atom stereocenters. The third-order valence-corrected chi connectivity index (χ3v) is 3.57. The molecule has 0 aliphatic heterocycles. The Morgan fingerprint density at radius 1 is 1.19 bits per heavy atom. The Labute approximate surface area is 133 Å². The molecule has 0 saturated carbocycles. The topological polar surface area (TPSA) is 32.3 Å². The van der Waals surface area contributed by atoms with E-state index in [0.29, 0.717) is 6.42 Å². The fraction of sp³-hybridized carbons (Fsp3) is 0.588. The molecule has 3 nitrogen and oxygen atoms in total. The lowest BCUT2D eigenvalue weighted by molar-refractivity contribution is -0.131. The third-order valence-electron chi connectivity index (χ3n) is 3.33. The van der Waals surface area contributed by atoms with E-state index in [1.54, 1.807) is 0 Å². The van der Waals surface area contributed by atoms with Gasteiger partial charge in [0.15, 0.2) is 0 Å². The molecule has 1 N–H and O–H groups in total. The second-order valence-corrected chi connectivity index (χ2v) is 5.70. The van der Waals surface area contributed by atoms with E-state index in [2.05, 4.69) is 25.2 Å². The third kappa shape index (κ3) is 7.49. The highest BCUT2D eigenvalue weighted by Crippen LogP contribution is 2.10. The molecule has 118 valence electrons. The van der Waals surface area contributed by atoms with Crippen molar-refractivity contribution in [3.63, 3.8) is 0 Å². The molecule has 0 heterocycles. The summed E-state index contributed by atoms with van der Waals surface area (Å²) in [5.41, 5.74) is 1.22. The van der Waals surface area contributed by atoms with Crippen LogP contribution in [0.25, 0.3) is 0 Å². The minimum absolute atomic E-state index is 0.258. The summed E-state index contributed by atoms with van der Waals surface area (Å²) in [4.78, 5) is 14.0. The number of nitrogens with one attached hydrogen (secondary N) is 1. The van der Waals surface area contributed by atoms with Crippen LogP contribution in [0.4, 0.5) is 0 Å². The van der Waals surface area contributed by atoms with Gasteiger partial charge in [-0.2, -0.15) is 0 Å². The molecule has 0 aromatic heterocycles. The van der Waals surface area contributed by atoms with Gasteiger partial charge in [-0.25, -0.2) is 0 Å². The Balaban J connectivity index is 2.19. The number of carbonyl (C=O) groups is 1. The highest BCUT2D eigenvalue weighted by Gasteiger charge is 2.10. The van der Waals surface area contributed by atoms with Gasteiger partial charge in [0.2, 0.25) is 5.91 Å². The summed E-state index contributed by atoms with van der Waals surface area (Å²) in [5, 5.41) is 4.11. The molecule has 1 amide bonds. The number of hydrogen-bond donors (Lipinski definition) is 1. The molecular weight excluding hydrogens is 284 g/mol. The van der Waals surface area contributed by atoms with E-state index in [9.17, 15) is 4.79 Å². The van der Waals surface area contributed by atoms with Gasteiger partial charge >= 0.3 is 0 Å². The molecule has 1 aromatic rings. The number of benzene rings is 1. The molecule has 4 heteroatoms. The van der Waals surface area contributed by atoms with Crippen molar-refractivity contribution in [2.75, 3.05) is 26.2 Å². The molecule has 0 fully saturated rings. The smallest absolute Gasteiger partial charge is 0.223 e. The monoisotopic (exact) mass is 310 g/mol. The summed E-state index contributed by atoms with van der Waals surface area (Å²) in [6.07, 6.45) is 3.56. The fourth-order valence-corrected chi connectivity index (χ4v) is 2.52. The Morgan fingerprint density at radius 2 is 1.90 bits per heavy atom. The maximum absolute atomic E-state index is 12.1. The van der Waals surface area contributed by atoms with Gasteiger partial charge in [-0.3, -0.25) is 4.79 Å². The zero-order valence-electron chi connectivity index (χ0n) is 13.2. The zero-order chi connectivity index (χ0) is 15.5. The van der Waals surface area contributed by atoms with Crippen molar-refractivity contribution >= 4 is 17.5 Å². The van der Waals surface area contributed by atoms with Crippen LogP contribution < -0.4 is 5.32 Å². The first-order valence-corrected chi connectivity index (χ1v) is 8.28. The van der Waals surface area contributed by atoms with Crippen LogP contribution in [0, 0.1) is 0 Å². The largest absolute Gasteiger partial charge is 0.343 e. The second kappa shape index (κ2) is 10.6. The Morgan fingerprint density at radius 3 is 2.52 bits per heavy atom. The first-order chi connectivity index (χ1) is 10.2. The number of nitrogens with zero attached hydrogens (tertiary/aromatic N) is 1. The van der Waals surface area contributed by atoms with Crippen molar-refractivity contribution in [2.45, 2.75) is 39.5 Å². The van der Waals surface area contributed by atoms with E-state index in [1.807, 2.05) is 23.1 Å². The predicted molar refractivity (Wildman–Crippen MR) is 89.8 cm³/mol. The first kappa shape index (κ1) is 18.0. The molecule has 0 radical (unpaired) electrons. The molecular formula is C17H27ClN2O. The van der Waals surface area contributed by atoms with Crippen LogP contribution in [0.3, 0.4) is 0 Å². The van der Waals surface area contributed by atoms with Gasteiger partial charge < -0.3 is 10.2 Å². The fourth-order valence-electron chi connectivity index (χ4n) is 2.30. The lowest BCUT2D eigenvalue weighted by Crippen LogP contribution is -2.34. The molecule has 0 bridgehead atoms. The van der Waals surface area contributed by atoms with Gasteiger partial charge in [0.25, 0.3) is 0 Å². The number of carbonyl (C=O) groups excluding carboxylic acids is 1. The van der Waals surface area contributed by atoms with Crippen molar-refractivity contribution in [3.05, 3.63) is 34.9 Å². The maximum Gasteiger partial charge on any atom is 0.223 e. The predicted octanol–water partition coefficient (Wildman–Crippen LogP) is 3.51. The maximum atomic E-state index is 12.1. The standard InChI is InChI=1S/C17H27ClN2O/c1-3-12-20(13-4-2)17(21)9-11-19-10-8-15-6-5-7-16(18)14-15/h5-7,14,19H,3-4,8-13H2,1-2H3. The minimum atomic E-state index is 0.258. The Bertz CT molecular complexity index is 417. The molecule has 1 aromatic carbocycles. The number of rotatable bonds is 10. The summed E-state index contributed by atoms with van der Waals surface area (Å²) in [6, 6.07) is 7.91. The molecule has 1 rings (SSSR count). The number of hydrogen-bond acceptors (Lipinski definition) is 2. The van der Waals surface area contributed by atoms with Crippen LogP contribution in [0.15, 0.2) is 24.3 Å². The van der Waals surface area contributed by atoms with E-state index in [0.717, 1.165) is 50.5 Å². The zero-order valence-corrected chi connectivity index (χ0v) is 14.0. The molecule has 0 spiro atoms. The van der Waals surface area contributed by atoms with E-state index in [-0.39, 0.29) is 5.91 Å². The average molecular weight is 311 g/mol. The second-order valence-electron chi connectivity index (χ2n) is 5.26. The summed E-state index contributed by atoms with van der Waals surface area (Å²) in [7, 11) is 0. The van der Waals surface area contributed by atoms with Gasteiger partial charge in [-0.1, -0.05) is 37.6 Å². The highest BCUT2D eigenvalue weighted by atomic mass is 35.5. The van der Waals surface area contributed by atoms with Crippen molar-refractivity contribution in [1.29, 1.82) is 0 Å². The van der Waals surface area contributed by atoms with Gasteiger partial charge in [0.05, 0.1) is 0 Å². The van der Waals surface area contributed by atoms with Crippen LogP contribution in [-0.4, -0.2) is 37.0 Å². The number of halogens is 1. The van der Waals surface area contributed by atoms with E-state index in [1.165, 1.54) is 5.56 Å². The van der Waals surface area contributed by atoms with Crippen LogP contribution in [0.2, 0.25) is 5.02 Å². The van der Waals surface area contributed by atoms with E-state index < -0.39 is 0 Å². The molecule has 0 aliphatic rings. The van der Waals surface area contributed by atoms with Crippen molar-refractivity contribution in [1.82, 2.24) is 10.2 Å². The molecule has 21 heavy (non-hydrogen) atoms. The lowest BCUT2D eigenvalue weighted by Gasteiger charge is -2.21. The van der Waals surface area contributed by atoms with Crippen LogP contribution in [-0.2, 0) is 11.2 Å². The first-order valence-electron chi connectivity index (χ1n) is 7.90. The van der Waals surface area contributed by atoms with Crippen LogP contribution in [0.1, 0.15) is 38.7 Å². The minimum Gasteiger partial charge on any atom is -0.343 e. The van der Waals surface area contributed by atoms with Gasteiger partial charge in [0.1, 0.15) is 0 Å². The highest BCUT2D eigenvalue weighted by molar-refractivity contribution is 6.30. The van der Waals surface area contributed by atoms with Gasteiger partial charge in [0, 0.05) is 31.1 Å². The van der Waals surface area contributed by atoms with Crippen LogP contribution in [0.5, 0.6) is 0 Å². The van der Waals surface area contributed by atoms with Crippen molar-refractivity contribution in [3.8, 4) is 0 Å². The summed E-state index contributed by atoms with van der Waals surface area (Å²) < 4.78 is 0. The quantitative estimate of drug-likeness (QED) is 0.671. The van der Waals surface area contributed by atoms with Crippen molar-refractivity contribution in [2.24, 2.45) is 0 Å². The number of amides is 1. The summed E-state index contributed by atoms with van der Waals surface area (Å²) in [5.74, 6) is 0.258.